The van der Waals surface area contributed by atoms with Crippen molar-refractivity contribution in [3.8, 4) is 5.75 Å². The van der Waals surface area contributed by atoms with Gasteiger partial charge >= 0.3 is 0 Å². The van der Waals surface area contributed by atoms with E-state index in [9.17, 15) is 18.7 Å². The van der Waals surface area contributed by atoms with E-state index in [1.807, 2.05) is 0 Å². The average Bonchev–Trinajstić information content (AvgIpc) is 2.45. The van der Waals surface area contributed by atoms with Crippen molar-refractivity contribution in [1.29, 1.82) is 0 Å². The number of hydrogen-bond acceptors (Lipinski definition) is 3. The quantitative estimate of drug-likeness (QED) is 0.845. The molecule has 0 aliphatic rings. The molecule has 0 heterocycles. The third-order valence-corrected chi connectivity index (χ3v) is 3.82. The maximum Gasteiger partial charge on any atom is 0.237 e. The van der Waals surface area contributed by atoms with Gasteiger partial charge in [0, 0.05) is 11.0 Å². The van der Waals surface area contributed by atoms with Crippen LogP contribution >= 0.6 is 11.8 Å². The number of phenolic OH excluding ortho intramolecular Hbond substituents is 1. The molecule has 3 nitrogen and oxygen atoms in total. The summed E-state index contributed by atoms with van der Waals surface area (Å²) in [6.45, 7) is 1.66. The summed E-state index contributed by atoms with van der Waals surface area (Å²) in [5.74, 6) is -1.60. The minimum absolute atomic E-state index is 0.137. The summed E-state index contributed by atoms with van der Waals surface area (Å²) < 4.78 is 26.5. The van der Waals surface area contributed by atoms with E-state index < -0.39 is 22.8 Å². The van der Waals surface area contributed by atoms with Crippen molar-refractivity contribution in [3.05, 3.63) is 54.1 Å². The fraction of sp³-hybridized carbons (Fsp3) is 0.133. The molecular formula is C15H13F2NO2S. The van der Waals surface area contributed by atoms with Crippen LogP contribution in [-0.4, -0.2) is 16.3 Å². The van der Waals surface area contributed by atoms with Gasteiger partial charge in [0.2, 0.25) is 5.91 Å². The smallest absolute Gasteiger partial charge is 0.237 e. The zero-order chi connectivity index (χ0) is 15.4. The van der Waals surface area contributed by atoms with Crippen molar-refractivity contribution >= 4 is 23.4 Å². The van der Waals surface area contributed by atoms with Gasteiger partial charge in [-0.15, -0.1) is 11.8 Å². The molecule has 0 aliphatic carbocycles. The van der Waals surface area contributed by atoms with E-state index in [1.165, 1.54) is 23.9 Å². The Morgan fingerprint density at radius 2 is 1.86 bits per heavy atom. The van der Waals surface area contributed by atoms with Crippen LogP contribution in [0.2, 0.25) is 0 Å². The van der Waals surface area contributed by atoms with Gasteiger partial charge < -0.3 is 10.4 Å². The summed E-state index contributed by atoms with van der Waals surface area (Å²) in [7, 11) is 0. The number of halogens is 2. The van der Waals surface area contributed by atoms with Crippen LogP contribution < -0.4 is 5.32 Å². The molecule has 6 heteroatoms. The molecule has 0 aliphatic heterocycles. The van der Waals surface area contributed by atoms with Crippen LogP contribution in [0, 0.1) is 11.6 Å². The van der Waals surface area contributed by atoms with Crippen LogP contribution in [-0.2, 0) is 4.79 Å². The topological polar surface area (TPSA) is 49.3 Å². The Kier molecular flexibility index (Phi) is 4.80. The predicted molar refractivity (Wildman–Crippen MR) is 78.4 cm³/mol. The van der Waals surface area contributed by atoms with Crippen molar-refractivity contribution in [2.24, 2.45) is 0 Å². The number of carbonyl (C=O) groups is 1. The largest absolute Gasteiger partial charge is 0.508 e. The monoisotopic (exact) mass is 309 g/mol. The molecule has 0 spiro atoms. The Morgan fingerprint density at radius 3 is 2.52 bits per heavy atom. The summed E-state index contributed by atoms with van der Waals surface area (Å²) in [4.78, 5) is 12.8. The Bertz CT molecular complexity index is 647. The third kappa shape index (κ3) is 4.19. The van der Waals surface area contributed by atoms with Crippen LogP contribution in [0.4, 0.5) is 14.5 Å². The fourth-order valence-electron chi connectivity index (χ4n) is 1.61. The van der Waals surface area contributed by atoms with Gasteiger partial charge in [-0.1, -0.05) is 0 Å². The number of hydrogen-bond donors (Lipinski definition) is 2. The van der Waals surface area contributed by atoms with E-state index in [-0.39, 0.29) is 11.4 Å². The van der Waals surface area contributed by atoms with Crippen molar-refractivity contribution in [1.82, 2.24) is 0 Å². The van der Waals surface area contributed by atoms with Crippen LogP contribution in [0.5, 0.6) is 5.75 Å². The second kappa shape index (κ2) is 6.58. The standard InChI is InChI=1S/C15H13F2NO2S/c1-9(21-12-5-3-11(19)4-6-12)15(20)18-14-8-10(16)2-7-13(14)17/h2-9,19H,1H3,(H,18,20)/t9-/m1/s1. The lowest BCUT2D eigenvalue weighted by Gasteiger charge is -2.12. The second-order valence-corrected chi connectivity index (χ2v) is 5.78. The first kappa shape index (κ1) is 15.3. The summed E-state index contributed by atoms with van der Waals surface area (Å²) >= 11 is 1.25. The number of amides is 1. The highest BCUT2D eigenvalue weighted by Crippen LogP contribution is 2.26. The molecule has 2 rings (SSSR count). The number of benzene rings is 2. The highest BCUT2D eigenvalue weighted by molar-refractivity contribution is 8.00. The van der Waals surface area contributed by atoms with E-state index in [0.717, 1.165) is 23.1 Å². The lowest BCUT2D eigenvalue weighted by Crippen LogP contribution is -2.23. The fourth-order valence-corrected chi connectivity index (χ4v) is 2.48. The Hall–Kier alpha value is -2.08. The van der Waals surface area contributed by atoms with Crippen LogP contribution in [0.25, 0.3) is 0 Å². The molecule has 110 valence electrons. The SMILES string of the molecule is C[C@@H](Sc1ccc(O)cc1)C(=O)Nc1cc(F)ccc1F. The van der Waals surface area contributed by atoms with Crippen molar-refractivity contribution in [3.63, 3.8) is 0 Å². The second-order valence-electron chi connectivity index (χ2n) is 4.37. The van der Waals surface area contributed by atoms with Crippen LogP contribution in [0.15, 0.2) is 47.4 Å². The lowest BCUT2D eigenvalue weighted by molar-refractivity contribution is -0.115. The molecule has 1 amide bonds. The first-order valence-electron chi connectivity index (χ1n) is 6.17. The third-order valence-electron chi connectivity index (χ3n) is 2.71. The molecule has 0 radical (unpaired) electrons. The van der Waals surface area contributed by atoms with Gasteiger partial charge in [0.1, 0.15) is 17.4 Å². The molecule has 21 heavy (non-hydrogen) atoms. The van der Waals surface area contributed by atoms with Crippen LogP contribution in [0.3, 0.4) is 0 Å². The molecule has 0 saturated carbocycles. The summed E-state index contributed by atoms with van der Waals surface area (Å²) in [5, 5.41) is 11.0. The molecule has 2 aromatic carbocycles. The maximum atomic E-state index is 13.4. The number of rotatable bonds is 4. The van der Waals surface area contributed by atoms with Gasteiger partial charge in [-0.2, -0.15) is 0 Å². The van der Waals surface area contributed by atoms with E-state index in [4.69, 9.17) is 0 Å². The van der Waals surface area contributed by atoms with Gasteiger partial charge in [-0.05, 0) is 43.3 Å². The average molecular weight is 309 g/mol. The number of phenols is 1. The molecule has 1 atom stereocenters. The minimum Gasteiger partial charge on any atom is -0.508 e. The summed E-state index contributed by atoms with van der Waals surface area (Å²) in [6.07, 6.45) is 0. The number of anilines is 1. The number of nitrogens with one attached hydrogen (secondary N) is 1. The molecular weight excluding hydrogens is 296 g/mol. The molecule has 0 unspecified atom stereocenters. The van der Waals surface area contributed by atoms with Crippen molar-refractivity contribution in [2.75, 3.05) is 5.32 Å². The Balaban J connectivity index is 2.02. The normalized spacial score (nSPS) is 12.0. The highest BCUT2D eigenvalue weighted by atomic mass is 32.2. The first-order chi connectivity index (χ1) is 9.95. The molecule has 0 fully saturated rings. The Labute approximate surface area is 125 Å². The summed E-state index contributed by atoms with van der Waals surface area (Å²) in [6, 6.07) is 9.25. The van der Waals surface area contributed by atoms with Gasteiger partial charge in [0.25, 0.3) is 0 Å². The van der Waals surface area contributed by atoms with E-state index in [1.54, 1.807) is 19.1 Å². The zero-order valence-corrected chi connectivity index (χ0v) is 12.0. The predicted octanol–water partition coefficient (Wildman–Crippen LogP) is 3.79. The Morgan fingerprint density at radius 1 is 1.19 bits per heavy atom. The van der Waals surface area contributed by atoms with Crippen LogP contribution in [0.1, 0.15) is 6.92 Å². The van der Waals surface area contributed by atoms with Gasteiger partial charge in [0.05, 0.1) is 10.9 Å². The molecule has 2 N–H and O–H groups in total. The van der Waals surface area contributed by atoms with Gasteiger partial charge in [-0.3, -0.25) is 4.79 Å². The number of carbonyl (C=O) groups excluding carboxylic acids is 1. The molecule has 0 bridgehead atoms. The van der Waals surface area contributed by atoms with E-state index >= 15 is 0 Å². The van der Waals surface area contributed by atoms with Gasteiger partial charge in [0.15, 0.2) is 0 Å². The first-order valence-corrected chi connectivity index (χ1v) is 7.05. The molecule has 0 saturated heterocycles. The molecule has 2 aromatic rings. The van der Waals surface area contributed by atoms with E-state index in [0.29, 0.717) is 0 Å². The highest BCUT2D eigenvalue weighted by Gasteiger charge is 2.16. The zero-order valence-electron chi connectivity index (χ0n) is 11.1. The molecule has 0 aromatic heterocycles. The lowest BCUT2D eigenvalue weighted by atomic mass is 10.3. The number of aromatic hydroxyl groups is 1. The van der Waals surface area contributed by atoms with Gasteiger partial charge in [-0.25, -0.2) is 8.78 Å². The number of thioether (sulfide) groups is 1. The minimum atomic E-state index is -0.688. The van der Waals surface area contributed by atoms with E-state index in [2.05, 4.69) is 5.32 Å². The maximum absolute atomic E-state index is 13.4. The summed E-state index contributed by atoms with van der Waals surface area (Å²) in [5.41, 5.74) is -0.182. The van der Waals surface area contributed by atoms with Crippen molar-refractivity contribution in [2.45, 2.75) is 17.1 Å². The van der Waals surface area contributed by atoms with Crippen molar-refractivity contribution < 1.29 is 18.7 Å².